The third-order valence-corrected chi connectivity index (χ3v) is 8.03. The Balaban J connectivity index is 1.39. The fraction of sp³-hybridized carbons (Fsp3) is 0.519. The fourth-order valence-corrected chi connectivity index (χ4v) is 5.43. The van der Waals surface area contributed by atoms with E-state index in [1.165, 1.54) is 18.4 Å². The number of carbonyl (C=O) groups excluding carboxylic acids is 1. The fourth-order valence-electron chi connectivity index (χ4n) is 5.43. The van der Waals surface area contributed by atoms with E-state index >= 15 is 0 Å². The van der Waals surface area contributed by atoms with Crippen LogP contribution < -0.4 is 16.0 Å². The Morgan fingerprint density at radius 2 is 1.89 bits per heavy atom. The molecule has 11 nitrogen and oxygen atoms in total. The number of amides is 2. The summed E-state index contributed by atoms with van der Waals surface area (Å²) in [6, 6.07) is 6.63. The van der Waals surface area contributed by atoms with E-state index in [-0.39, 0.29) is 18.1 Å². The maximum Gasteiger partial charge on any atom is 0.314 e. The van der Waals surface area contributed by atoms with Gasteiger partial charge in [-0.3, -0.25) is 9.36 Å². The molecule has 1 saturated carbocycles. The predicted molar refractivity (Wildman–Crippen MR) is 148 cm³/mol. The highest BCUT2D eigenvalue weighted by Gasteiger charge is 2.34. The van der Waals surface area contributed by atoms with Crippen molar-refractivity contribution in [2.24, 2.45) is 11.7 Å². The van der Waals surface area contributed by atoms with Crippen LogP contribution in [0.2, 0.25) is 0 Å². The number of nitrogens with two attached hydrogens (primary N) is 1. The molecule has 200 valence electrons. The number of aromatic nitrogens is 6. The van der Waals surface area contributed by atoms with Gasteiger partial charge in [0, 0.05) is 44.2 Å². The minimum Gasteiger partial charge on any atom is -0.361 e. The predicted octanol–water partition coefficient (Wildman–Crippen LogP) is 3.93. The van der Waals surface area contributed by atoms with Crippen molar-refractivity contribution in [3.63, 3.8) is 0 Å². The molecule has 2 amide bonds. The molecular formula is C27H36N10O. The highest BCUT2D eigenvalue weighted by atomic mass is 16.2. The molecule has 3 N–H and O–H groups in total. The summed E-state index contributed by atoms with van der Waals surface area (Å²) in [5, 5.41) is 14.3. The second kappa shape index (κ2) is 9.77. The van der Waals surface area contributed by atoms with Crippen molar-refractivity contribution in [3.8, 4) is 0 Å². The largest absolute Gasteiger partial charge is 0.361 e. The van der Waals surface area contributed by atoms with E-state index < -0.39 is 0 Å². The second-order valence-corrected chi connectivity index (χ2v) is 10.5. The van der Waals surface area contributed by atoms with Gasteiger partial charge in [-0.05, 0) is 56.7 Å². The molecule has 1 aliphatic heterocycles. The van der Waals surface area contributed by atoms with Gasteiger partial charge < -0.3 is 20.9 Å². The zero-order chi connectivity index (χ0) is 26.4. The topological polar surface area (TPSA) is 123 Å². The average molecular weight is 517 g/mol. The minimum absolute atomic E-state index is 0.127. The van der Waals surface area contributed by atoms with Crippen molar-refractivity contribution in [1.82, 2.24) is 34.4 Å². The van der Waals surface area contributed by atoms with Crippen LogP contribution in [0, 0.1) is 5.92 Å². The highest BCUT2D eigenvalue weighted by Crippen LogP contribution is 2.44. The summed E-state index contributed by atoms with van der Waals surface area (Å²) in [6.45, 7) is 9.68. The number of hydrogen-bond acceptors (Lipinski definition) is 7. The van der Waals surface area contributed by atoms with Gasteiger partial charge in [0.25, 0.3) is 0 Å². The van der Waals surface area contributed by atoms with E-state index in [0.717, 1.165) is 40.7 Å². The van der Waals surface area contributed by atoms with Crippen LogP contribution in [0.1, 0.15) is 57.7 Å². The van der Waals surface area contributed by atoms with Crippen molar-refractivity contribution >= 4 is 39.7 Å². The van der Waals surface area contributed by atoms with Crippen LogP contribution in [-0.4, -0.2) is 66.6 Å². The Kier molecular flexibility index (Phi) is 6.29. The van der Waals surface area contributed by atoms with Crippen molar-refractivity contribution < 1.29 is 4.79 Å². The minimum atomic E-state index is -0.382. The zero-order valence-corrected chi connectivity index (χ0v) is 22.3. The molecule has 38 heavy (non-hydrogen) atoms. The highest BCUT2D eigenvalue weighted by molar-refractivity contribution is 5.87. The number of piperazine rings is 1. The normalized spacial score (nSPS) is 17.8. The van der Waals surface area contributed by atoms with Crippen molar-refractivity contribution in [3.05, 3.63) is 36.2 Å². The van der Waals surface area contributed by atoms with E-state index in [1.807, 2.05) is 21.8 Å². The molecule has 2 fully saturated rings. The molecule has 4 aromatic rings. The summed E-state index contributed by atoms with van der Waals surface area (Å²) < 4.78 is 4.08. The molecule has 3 aromatic heterocycles. The van der Waals surface area contributed by atoms with Crippen LogP contribution in [0.25, 0.3) is 21.9 Å². The Labute approximate surface area is 222 Å². The van der Waals surface area contributed by atoms with Gasteiger partial charge in [0.2, 0.25) is 5.95 Å². The van der Waals surface area contributed by atoms with Crippen LogP contribution in [0.5, 0.6) is 0 Å². The number of hydrogen-bond donors (Lipinski definition) is 2. The summed E-state index contributed by atoms with van der Waals surface area (Å²) in [7, 11) is 0. The molecule has 1 unspecified atom stereocenters. The number of nitrogens with zero attached hydrogens (tertiary/aromatic N) is 8. The summed E-state index contributed by atoms with van der Waals surface area (Å²) in [5.74, 6) is 2.00. The van der Waals surface area contributed by atoms with Gasteiger partial charge in [-0.2, -0.15) is 15.2 Å². The molecule has 11 heteroatoms. The van der Waals surface area contributed by atoms with Crippen LogP contribution >= 0.6 is 0 Å². The van der Waals surface area contributed by atoms with E-state index in [4.69, 9.17) is 20.8 Å². The molecule has 1 aromatic carbocycles. The van der Waals surface area contributed by atoms with E-state index in [9.17, 15) is 4.79 Å². The van der Waals surface area contributed by atoms with Gasteiger partial charge in [-0.25, -0.2) is 9.78 Å². The number of rotatable bonds is 8. The van der Waals surface area contributed by atoms with Crippen LogP contribution in [0.3, 0.4) is 0 Å². The first kappa shape index (κ1) is 24.4. The molecule has 0 radical (unpaired) electrons. The van der Waals surface area contributed by atoms with Crippen molar-refractivity contribution in [1.29, 1.82) is 0 Å². The molecule has 1 aliphatic carbocycles. The Hall–Kier alpha value is -3.89. The third-order valence-electron chi connectivity index (χ3n) is 8.03. The second-order valence-electron chi connectivity index (χ2n) is 10.5. The Bertz CT molecular complexity index is 1460. The van der Waals surface area contributed by atoms with Gasteiger partial charge >= 0.3 is 6.03 Å². The lowest BCUT2D eigenvalue weighted by Gasteiger charge is -2.34. The summed E-state index contributed by atoms with van der Waals surface area (Å²) in [5.41, 5.74) is 9.65. The van der Waals surface area contributed by atoms with Gasteiger partial charge in [-0.15, -0.1) is 0 Å². The molecule has 4 heterocycles. The van der Waals surface area contributed by atoms with Gasteiger partial charge in [0.1, 0.15) is 11.0 Å². The monoisotopic (exact) mass is 516 g/mol. The van der Waals surface area contributed by atoms with Crippen LogP contribution in [0.4, 0.5) is 16.6 Å². The lowest BCUT2D eigenvalue weighted by molar-refractivity contribution is 0.204. The molecule has 0 spiro atoms. The summed E-state index contributed by atoms with van der Waals surface area (Å²) >= 11 is 0. The Morgan fingerprint density at radius 1 is 1.11 bits per heavy atom. The maximum atomic E-state index is 11.6. The maximum absolute atomic E-state index is 11.6. The zero-order valence-electron chi connectivity index (χ0n) is 22.3. The molecule has 0 bridgehead atoms. The Morgan fingerprint density at radius 3 is 2.58 bits per heavy atom. The summed E-state index contributed by atoms with van der Waals surface area (Å²) in [4.78, 5) is 25.4. The number of anilines is 2. The smallest absolute Gasteiger partial charge is 0.314 e. The lowest BCUT2D eigenvalue weighted by Crippen LogP contribution is -2.51. The van der Waals surface area contributed by atoms with Gasteiger partial charge in [-0.1, -0.05) is 13.0 Å². The first-order chi connectivity index (χ1) is 18.5. The number of aryl methyl sites for hydroxylation is 1. The summed E-state index contributed by atoms with van der Waals surface area (Å²) in [6.07, 6.45) is 7.12. The number of primary amides is 1. The van der Waals surface area contributed by atoms with Gasteiger partial charge in [0.05, 0.1) is 24.0 Å². The number of nitrogens with one attached hydrogen (secondary N) is 1. The molecular weight excluding hydrogens is 480 g/mol. The van der Waals surface area contributed by atoms with E-state index in [0.29, 0.717) is 38.0 Å². The standard InChI is InChI=1S/C27H36N10O/c1-4-17(3)37-24-21(16-30-37)31-27(35-12-10-34(11-13-35)26(28)38)33-25(24)32-23(18-6-7-18)19-8-9-22-20(14-19)15-29-36(22)5-2/h8-9,14-18,23H,4-7,10-13H2,1-3H3,(H2,28,38)(H,31,32,33)/t17-,23?/m0/s1. The number of benzene rings is 1. The van der Waals surface area contributed by atoms with Crippen LogP contribution in [0.15, 0.2) is 30.6 Å². The van der Waals surface area contributed by atoms with Crippen LogP contribution in [-0.2, 0) is 6.54 Å². The van der Waals surface area contributed by atoms with E-state index in [2.05, 4.69) is 54.3 Å². The average Bonchev–Trinajstić information content (AvgIpc) is 3.55. The third kappa shape index (κ3) is 4.39. The molecule has 2 aliphatic rings. The lowest BCUT2D eigenvalue weighted by atomic mass is 10.0. The number of urea groups is 1. The van der Waals surface area contributed by atoms with Crippen molar-refractivity contribution in [2.45, 2.75) is 58.7 Å². The number of fused-ring (bicyclic) bond motifs is 2. The van der Waals surface area contributed by atoms with E-state index in [1.54, 1.807) is 4.90 Å². The molecule has 6 rings (SSSR count). The first-order valence-corrected chi connectivity index (χ1v) is 13.7. The number of carbonyl (C=O) groups is 1. The first-order valence-electron chi connectivity index (χ1n) is 13.7. The molecule has 1 saturated heterocycles. The van der Waals surface area contributed by atoms with Gasteiger partial charge in [0.15, 0.2) is 5.82 Å². The SMILES string of the molecule is CC[C@H](C)n1ncc2nc(N3CCN(C(N)=O)CC3)nc(NC(c3ccc4c(cnn4CC)c3)C3CC3)c21. The van der Waals surface area contributed by atoms with Crippen molar-refractivity contribution in [2.75, 3.05) is 36.4 Å². The molecule has 2 atom stereocenters. The quantitative estimate of drug-likeness (QED) is 0.364.